The monoisotopic (exact) mass is 516 g/mol. The third kappa shape index (κ3) is 7.41. The fraction of sp³-hybridized carbons (Fsp3) is 0.700. The second-order valence-electron chi connectivity index (χ2n) is 11.9. The molecule has 0 radical (unpaired) electrons. The fourth-order valence-corrected chi connectivity index (χ4v) is 5.80. The van der Waals surface area contributed by atoms with E-state index in [0.717, 1.165) is 50.6 Å². The number of nitrogens with zero attached hydrogens (tertiary/aromatic N) is 1. The number of pyridine rings is 1. The van der Waals surface area contributed by atoms with Crippen LogP contribution in [0.2, 0.25) is 0 Å². The summed E-state index contributed by atoms with van der Waals surface area (Å²) >= 11 is 6.88. The van der Waals surface area contributed by atoms with Gasteiger partial charge in [0.2, 0.25) is 5.91 Å². The highest BCUT2D eigenvalue weighted by atomic mass is 35.5. The summed E-state index contributed by atoms with van der Waals surface area (Å²) in [6.07, 6.45) is 12.8. The van der Waals surface area contributed by atoms with E-state index < -0.39 is 5.41 Å². The second kappa shape index (κ2) is 12.2. The molecule has 2 saturated heterocycles. The van der Waals surface area contributed by atoms with Gasteiger partial charge in [-0.05, 0) is 56.7 Å². The van der Waals surface area contributed by atoms with Gasteiger partial charge in [-0.2, -0.15) is 0 Å². The number of carbonyl (C=O) groups is 2. The first-order valence-electron chi connectivity index (χ1n) is 13.8. The van der Waals surface area contributed by atoms with E-state index in [0.29, 0.717) is 36.6 Å². The Kier molecular flexibility index (Phi) is 9.79. The third-order valence-corrected chi connectivity index (χ3v) is 8.77. The Morgan fingerprint density at radius 2 is 1.97 bits per heavy atom. The van der Waals surface area contributed by atoms with Crippen molar-refractivity contribution >= 4 is 29.4 Å². The molecule has 2 aliphatic heterocycles. The zero-order valence-electron chi connectivity index (χ0n) is 22.9. The quantitative estimate of drug-likeness (QED) is 0.419. The van der Waals surface area contributed by atoms with E-state index in [1.807, 2.05) is 38.1 Å². The molecule has 4 atom stereocenters. The molecule has 0 saturated carbocycles. The van der Waals surface area contributed by atoms with Gasteiger partial charge < -0.3 is 10.1 Å². The Hall–Kier alpha value is -1.72. The van der Waals surface area contributed by atoms with Crippen LogP contribution in [0.3, 0.4) is 0 Å². The molecule has 1 aromatic heterocycles. The maximum absolute atomic E-state index is 13.1. The van der Waals surface area contributed by atoms with Crippen LogP contribution < -0.4 is 5.32 Å². The molecular formula is C30H45ClN2O3. The molecule has 2 fully saturated rings. The van der Waals surface area contributed by atoms with E-state index in [4.69, 9.17) is 16.3 Å². The number of fused-ring (bicyclic) bond motifs is 1. The predicted octanol–water partition coefficient (Wildman–Crippen LogP) is 7.23. The summed E-state index contributed by atoms with van der Waals surface area (Å²) in [5, 5.41) is 3.75. The van der Waals surface area contributed by atoms with Crippen LogP contribution in [-0.2, 0) is 14.3 Å². The molecule has 6 heteroatoms. The van der Waals surface area contributed by atoms with Crippen LogP contribution in [0.25, 0.3) is 6.08 Å². The SMILES string of the molecule is CCCCC12CC(C(Cl)=Cc3ccccn3)NC(=O)CCC(C)(C)C(=O)CCC(C)CCCC1(C)O2. The predicted molar refractivity (Wildman–Crippen MR) is 147 cm³/mol. The van der Waals surface area contributed by atoms with Gasteiger partial charge in [-0.15, -0.1) is 0 Å². The highest BCUT2D eigenvalue weighted by Gasteiger charge is 2.65. The van der Waals surface area contributed by atoms with Crippen molar-refractivity contribution < 1.29 is 14.3 Å². The maximum Gasteiger partial charge on any atom is 0.220 e. The summed E-state index contributed by atoms with van der Waals surface area (Å²) < 4.78 is 6.56. The summed E-state index contributed by atoms with van der Waals surface area (Å²) in [5.74, 6) is 0.661. The highest BCUT2D eigenvalue weighted by Crippen LogP contribution is 2.57. The van der Waals surface area contributed by atoms with Gasteiger partial charge in [0.15, 0.2) is 0 Å². The Bertz CT molecular complexity index is 931. The van der Waals surface area contributed by atoms with E-state index in [2.05, 4.69) is 31.1 Å². The van der Waals surface area contributed by atoms with Gasteiger partial charge in [-0.1, -0.05) is 71.0 Å². The average Bonchev–Trinajstić information content (AvgIpc) is 3.42. The van der Waals surface area contributed by atoms with Crippen LogP contribution in [-0.4, -0.2) is 33.9 Å². The summed E-state index contributed by atoms with van der Waals surface area (Å²) in [5.41, 5.74) is -0.277. The molecule has 0 spiro atoms. The van der Waals surface area contributed by atoms with E-state index in [9.17, 15) is 9.59 Å². The molecule has 0 bridgehead atoms. The Balaban J connectivity index is 1.89. The second-order valence-corrected chi connectivity index (χ2v) is 12.3. The molecule has 5 nitrogen and oxygen atoms in total. The number of hydrogen-bond acceptors (Lipinski definition) is 4. The van der Waals surface area contributed by atoms with Crippen molar-refractivity contribution in [3.63, 3.8) is 0 Å². The number of Topliss-reactive ketones (excluding diaryl/α,β-unsaturated/α-hetero) is 1. The van der Waals surface area contributed by atoms with Crippen LogP contribution >= 0.6 is 11.6 Å². The molecule has 3 heterocycles. The summed E-state index contributed by atoms with van der Waals surface area (Å²) in [6, 6.07) is 5.32. The summed E-state index contributed by atoms with van der Waals surface area (Å²) in [6.45, 7) is 10.6. The molecule has 0 aliphatic carbocycles. The van der Waals surface area contributed by atoms with Gasteiger partial charge in [0.05, 0.1) is 22.9 Å². The van der Waals surface area contributed by atoms with Crippen LogP contribution in [0, 0.1) is 11.3 Å². The van der Waals surface area contributed by atoms with Gasteiger partial charge in [-0.3, -0.25) is 14.6 Å². The van der Waals surface area contributed by atoms with Gasteiger partial charge in [0.25, 0.3) is 0 Å². The number of nitrogens with one attached hydrogen (secondary N) is 1. The van der Waals surface area contributed by atoms with Crippen molar-refractivity contribution in [1.29, 1.82) is 0 Å². The van der Waals surface area contributed by atoms with Gasteiger partial charge in [0.1, 0.15) is 5.78 Å². The number of aromatic nitrogens is 1. The molecule has 3 rings (SSSR count). The number of ketones is 1. The molecule has 36 heavy (non-hydrogen) atoms. The molecule has 4 unspecified atom stereocenters. The lowest BCUT2D eigenvalue weighted by Gasteiger charge is -2.27. The van der Waals surface area contributed by atoms with Crippen molar-refractivity contribution in [2.75, 3.05) is 0 Å². The lowest BCUT2D eigenvalue weighted by molar-refractivity contribution is -0.128. The number of rotatable bonds is 5. The first-order valence-corrected chi connectivity index (χ1v) is 14.2. The Labute approximate surface area is 222 Å². The van der Waals surface area contributed by atoms with Crippen molar-refractivity contribution in [3.05, 3.63) is 35.1 Å². The lowest BCUT2D eigenvalue weighted by atomic mass is 9.78. The van der Waals surface area contributed by atoms with Gasteiger partial charge in [-0.25, -0.2) is 0 Å². The Morgan fingerprint density at radius 3 is 2.67 bits per heavy atom. The van der Waals surface area contributed by atoms with E-state index in [1.54, 1.807) is 6.20 Å². The first-order chi connectivity index (χ1) is 17.0. The number of epoxide rings is 1. The average molecular weight is 517 g/mol. The standard InChI is InChI=1S/C30H45ClN2O3/c1-6-7-17-30-21-25(24(31)20-23-12-8-9-19-32-23)33-27(35)15-18-28(3,4)26(34)14-13-22(2)11-10-16-29(30,5)36-30/h8-9,12,19-20,22,25H,6-7,10-11,13-18,21H2,1-5H3,(H,33,35). The van der Waals surface area contributed by atoms with Crippen LogP contribution in [0.1, 0.15) is 111 Å². The highest BCUT2D eigenvalue weighted by molar-refractivity contribution is 6.32. The Morgan fingerprint density at radius 1 is 1.19 bits per heavy atom. The number of halogens is 1. The smallest absolute Gasteiger partial charge is 0.220 e. The van der Waals surface area contributed by atoms with Gasteiger partial charge in [0, 0.05) is 35.9 Å². The zero-order chi connectivity index (χ0) is 26.4. The topological polar surface area (TPSA) is 71.6 Å². The summed E-state index contributed by atoms with van der Waals surface area (Å²) in [4.78, 5) is 30.4. The number of hydrogen-bond donors (Lipinski definition) is 1. The van der Waals surface area contributed by atoms with Crippen molar-refractivity contribution in [3.8, 4) is 0 Å². The van der Waals surface area contributed by atoms with E-state index in [1.165, 1.54) is 0 Å². The van der Waals surface area contributed by atoms with E-state index in [-0.39, 0.29) is 28.9 Å². The molecule has 1 amide bonds. The number of carbonyl (C=O) groups excluding carboxylic acids is 2. The number of unbranched alkanes of at least 4 members (excludes halogenated alkanes) is 1. The zero-order valence-corrected chi connectivity index (χ0v) is 23.6. The first kappa shape index (κ1) is 28.8. The number of amides is 1. The summed E-state index contributed by atoms with van der Waals surface area (Å²) in [7, 11) is 0. The third-order valence-electron chi connectivity index (χ3n) is 8.40. The largest absolute Gasteiger partial charge is 0.363 e. The lowest BCUT2D eigenvalue weighted by Crippen LogP contribution is -2.41. The fourth-order valence-electron chi connectivity index (χ4n) is 5.55. The molecule has 200 valence electrons. The molecular weight excluding hydrogens is 472 g/mol. The maximum atomic E-state index is 13.1. The number of ether oxygens (including phenoxy) is 1. The molecule has 2 aliphatic rings. The molecule has 0 aromatic carbocycles. The van der Waals surface area contributed by atoms with E-state index >= 15 is 0 Å². The molecule has 1 aromatic rings. The normalized spacial score (nSPS) is 32.4. The van der Waals surface area contributed by atoms with Gasteiger partial charge >= 0.3 is 0 Å². The van der Waals surface area contributed by atoms with Crippen LogP contribution in [0.4, 0.5) is 0 Å². The van der Waals surface area contributed by atoms with Crippen LogP contribution in [0.15, 0.2) is 29.4 Å². The minimum absolute atomic E-state index is 0.0816. The van der Waals surface area contributed by atoms with Crippen molar-refractivity contribution in [2.45, 2.75) is 122 Å². The molecule has 1 N–H and O–H groups in total. The van der Waals surface area contributed by atoms with Crippen molar-refractivity contribution in [2.24, 2.45) is 11.3 Å². The van der Waals surface area contributed by atoms with Crippen LogP contribution in [0.5, 0.6) is 0 Å². The minimum atomic E-state index is -0.516. The van der Waals surface area contributed by atoms with Crippen molar-refractivity contribution in [1.82, 2.24) is 10.3 Å². The minimum Gasteiger partial charge on any atom is -0.363 e.